The van der Waals surface area contributed by atoms with E-state index in [1.54, 1.807) is 0 Å². The summed E-state index contributed by atoms with van der Waals surface area (Å²) < 4.78 is 0.748. The van der Waals surface area contributed by atoms with Gasteiger partial charge in [0, 0.05) is 37.3 Å². The second-order valence-electron chi connectivity index (χ2n) is 5.35. The van der Waals surface area contributed by atoms with Crippen molar-refractivity contribution in [3.05, 3.63) is 28.2 Å². The number of nitrogens with one attached hydrogen (secondary N) is 1. The number of nitrogens with zero attached hydrogens (tertiary/aromatic N) is 1. The first-order chi connectivity index (χ1) is 8.93. The number of phenols is 1. The molecule has 108 valence electrons. The summed E-state index contributed by atoms with van der Waals surface area (Å²) in [6.07, 6.45) is 0. The van der Waals surface area contributed by atoms with Crippen molar-refractivity contribution in [1.82, 2.24) is 10.2 Å². The Labute approximate surface area is 125 Å². The maximum absolute atomic E-state index is 9.89. The van der Waals surface area contributed by atoms with E-state index in [0.717, 1.165) is 23.1 Å². The average molecular weight is 329 g/mol. The molecular weight excluding hydrogens is 304 g/mol. The Morgan fingerprint density at radius 2 is 1.84 bits per heavy atom. The van der Waals surface area contributed by atoms with E-state index in [4.69, 9.17) is 0 Å². The van der Waals surface area contributed by atoms with E-state index in [0.29, 0.717) is 24.4 Å². The van der Waals surface area contributed by atoms with Crippen LogP contribution in [0.4, 0.5) is 0 Å². The fourth-order valence-corrected chi connectivity index (χ4v) is 2.65. The van der Waals surface area contributed by atoms with Gasteiger partial charge in [0.1, 0.15) is 5.75 Å². The second-order valence-corrected chi connectivity index (χ2v) is 6.20. The highest BCUT2D eigenvalue weighted by atomic mass is 79.9. The van der Waals surface area contributed by atoms with Crippen LogP contribution < -0.4 is 5.32 Å². The Bertz CT molecular complexity index is 386. The van der Waals surface area contributed by atoms with Crippen LogP contribution >= 0.6 is 15.9 Å². The summed E-state index contributed by atoms with van der Waals surface area (Å²) in [6.45, 7) is 11.5. The Morgan fingerprint density at radius 3 is 2.42 bits per heavy atom. The van der Waals surface area contributed by atoms with E-state index >= 15 is 0 Å². The molecule has 0 aliphatic carbocycles. The molecule has 19 heavy (non-hydrogen) atoms. The van der Waals surface area contributed by atoms with Gasteiger partial charge in [0.05, 0.1) is 4.47 Å². The van der Waals surface area contributed by atoms with Gasteiger partial charge in [0.25, 0.3) is 0 Å². The molecule has 0 saturated heterocycles. The molecule has 0 saturated carbocycles. The normalized spacial score (nSPS) is 11.8. The van der Waals surface area contributed by atoms with Crippen molar-refractivity contribution in [3.8, 4) is 5.75 Å². The lowest BCUT2D eigenvalue weighted by molar-refractivity contribution is 0.175. The van der Waals surface area contributed by atoms with Gasteiger partial charge in [-0.05, 0) is 49.7 Å². The predicted octanol–water partition coefficient (Wildman–Crippen LogP) is 3.36. The first-order valence-corrected chi connectivity index (χ1v) is 7.65. The van der Waals surface area contributed by atoms with E-state index in [1.807, 2.05) is 18.2 Å². The minimum absolute atomic E-state index is 0.333. The van der Waals surface area contributed by atoms with Gasteiger partial charge in [-0.25, -0.2) is 0 Å². The third kappa shape index (κ3) is 5.13. The molecular formula is C15H25BrN2O. The maximum Gasteiger partial charge on any atom is 0.134 e. The Kier molecular flexibility index (Phi) is 6.83. The largest absolute Gasteiger partial charge is 0.506 e. The van der Waals surface area contributed by atoms with Crippen LogP contribution in [0.15, 0.2) is 22.7 Å². The zero-order chi connectivity index (χ0) is 14.4. The molecule has 0 heterocycles. The van der Waals surface area contributed by atoms with Crippen molar-refractivity contribution in [2.75, 3.05) is 13.1 Å². The van der Waals surface area contributed by atoms with Crippen molar-refractivity contribution in [2.24, 2.45) is 0 Å². The molecule has 0 aromatic heterocycles. The van der Waals surface area contributed by atoms with E-state index in [9.17, 15) is 5.11 Å². The summed E-state index contributed by atoms with van der Waals surface area (Å²) in [7, 11) is 0. The van der Waals surface area contributed by atoms with Gasteiger partial charge in [-0.2, -0.15) is 0 Å². The molecule has 4 heteroatoms. The Balaban J connectivity index is 2.40. The van der Waals surface area contributed by atoms with Crippen LogP contribution in [-0.4, -0.2) is 35.2 Å². The van der Waals surface area contributed by atoms with Gasteiger partial charge >= 0.3 is 0 Å². The van der Waals surface area contributed by atoms with Crippen molar-refractivity contribution in [2.45, 2.75) is 46.3 Å². The van der Waals surface area contributed by atoms with Crippen LogP contribution in [0, 0.1) is 0 Å². The molecule has 2 N–H and O–H groups in total. The quantitative estimate of drug-likeness (QED) is 0.753. The summed E-state index contributed by atoms with van der Waals surface area (Å²) >= 11 is 3.33. The maximum atomic E-state index is 9.89. The molecule has 1 aromatic carbocycles. The van der Waals surface area contributed by atoms with Gasteiger partial charge in [-0.3, -0.25) is 4.90 Å². The first-order valence-electron chi connectivity index (χ1n) is 6.86. The standard InChI is InChI=1S/C15H25BrN2O/c1-11(2)18(12(3)4)9-8-17-10-13-6-5-7-14(16)15(13)19/h5-7,11-12,17,19H,8-10H2,1-4H3. The van der Waals surface area contributed by atoms with Gasteiger partial charge in [-0.1, -0.05) is 12.1 Å². The minimum atomic E-state index is 0.333. The molecule has 0 atom stereocenters. The molecule has 0 aliphatic rings. The molecule has 1 rings (SSSR count). The zero-order valence-corrected chi connectivity index (χ0v) is 13.9. The van der Waals surface area contributed by atoms with Crippen LogP contribution in [-0.2, 0) is 6.54 Å². The molecule has 0 spiro atoms. The highest BCUT2D eigenvalue weighted by molar-refractivity contribution is 9.10. The molecule has 0 fully saturated rings. The number of hydrogen-bond acceptors (Lipinski definition) is 3. The fourth-order valence-electron chi connectivity index (χ4n) is 2.25. The van der Waals surface area contributed by atoms with Gasteiger partial charge in [0.2, 0.25) is 0 Å². The Hall–Kier alpha value is -0.580. The highest BCUT2D eigenvalue weighted by Crippen LogP contribution is 2.27. The highest BCUT2D eigenvalue weighted by Gasteiger charge is 2.12. The first kappa shape index (κ1) is 16.5. The molecule has 0 aliphatic heterocycles. The average Bonchev–Trinajstić information content (AvgIpc) is 2.33. The van der Waals surface area contributed by atoms with E-state index in [-0.39, 0.29) is 0 Å². The summed E-state index contributed by atoms with van der Waals surface area (Å²) in [5.41, 5.74) is 0.926. The van der Waals surface area contributed by atoms with Gasteiger partial charge in [0.15, 0.2) is 0 Å². The number of hydrogen-bond donors (Lipinski definition) is 2. The van der Waals surface area contributed by atoms with Crippen molar-refractivity contribution in [3.63, 3.8) is 0 Å². The molecule has 0 bridgehead atoms. The summed E-state index contributed by atoms with van der Waals surface area (Å²) in [4.78, 5) is 2.45. The minimum Gasteiger partial charge on any atom is -0.506 e. The number of rotatable bonds is 7. The lowest BCUT2D eigenvalue weighted by Crippen LogP contribution is -2.41. The van der Waals surface area contributed by atoms with Crippen LogP contribution in [0.5, 0.6) is 5.75 Å². The van der Waals surface area contributed by atoms with E-state index in [1.165, 1.54) is 0 Å². The smallest absolute Gasteiger partial charge is 0.134 e. The number of benzene rings is 1. The van der Waals surface area contributed by atoms with Gasteiger partial charge < -0.3 is 10.4 Å². The van der Waals surface area contributed by atoms with Crippen molar-refractivity contribution in [1.29, 1.82) is 0 Å². The molecule has 3 nitrogen and oxygen atoms in total. The summed E-state index contributed by atoms with van der Waals surface area (Å²) in [5.74, 6) is 0.333. The van der Waals surface area contributed by atoms with Crippen molar-refractivity contribution >= 4 is 15.9 Å². The van der Waals surface area contributed by atoms with E-state index in [2.05, 4.69) is 53.8 Å². The molecule has 0 amide bonds. The number of phenolic OH excluding ortho intramolecular Hbond substituents is 1. The van der Waals surface area contributed by atoms with Crippen LogP contribution in [0.1, 0.15) is 33.3 Å². The third-order valence-electron chi connectivity index (χ3n) is 3.26. The monoisotopic (exact) mass is 328 g/mol. The topological polar surface area (TPSA) is 35.5 Å². The van der Waals surface area contributed by atoms with Crippen molar-refractivity contribution < 1.29 is 5.11 Å². The fraction of sp³-hybridized carbons (Fsp3) is 0.600. The van der Waals surface area contributed by atoms with E-state index < -0.39 is 0 Å². The number of para-hydroxylation sites is 1. The van der Waals surface area contributed by atoms with Crippen LogP contribution in [0.3, 0.4) is 0 Å². The summed E-state index contributed by atoms with van der Waals surface area (Å²) in [5, 5.41) is 13.3. The third-order valence-corrected chi connectivity index (χ3v) is 3.90. The number of halogens is 1. The van der Waals surface area contributed by atoms with Gasteiger partial charge in [-0.15, -0.1) is 0 Å². The summed E-state index contributed by atoms with van der Waals surface area (Å²) in [6, 6.07) is 6.84. The SMILES string of the molecule is CC(C)N(CCNCc1cccc(Br)c1O)C(C)C. The lowest BCUT2D eigenvalue weighted by atomic mass is 10.2. The molecule has 1 aromatic rings. The number of aromatic hydroxyl groups is 1. The zero-order valence-electron chi connectivity index (χ0n) is 12.3. The second kappa shape index (κ2) is 7.88. The predicted molar refractivity (Wildman–Crippen MR) is 84.5 cm³/mol. The molecule has 0 unspecified atom stereocenters. The lowest BCUT2D eigenvalue weighted by Gasteiger charge is -2.30. The molecule has 0 radical (unpaired) electrons. The van der Waals surface area contributed by atoms with Crippen LogP contribution in [0.2, 0.25) is 0 Å². The van der Waals surface area contributed by atoms with Crippen LogP contribution in [0.25, 0.3) is 0 Å². The Morgan fingerprint density at radius 1 is 1.21 bits per heavy atom.